The number of alkyl halides is 2. The van der Waals surface area contributed by atoms with Crippen LogP contribution in [0.1, 0.15) is 31.9 Å². The van der Waals surface area contributed by atoms with Crippen molar-refractivity contribution in [3.8, 4) is 5.75 Å². The van der Waals surface area contributed by atoms with E-state index in [1.54, 1.807) is 23.1 Å². The van der Waals surface area contributed by atoms with E-state index in [0.717, 1.165) is 5.56 Å². The molecule has 0 spiro atoms. The minimum atomic E-state index is -2.93. The molecule has 0 aliphatic heterocycles. The fraction of sp³-hybridized carbons (Fsp3) is 0.333. The third-order valence-electron chi connectivity index (χ3n) is 3.88. The first-order valence-electron chi connectivity index (χ1n) is 8.81. The van der Waals surface area contributed by atoms with Crippen LogP contribution in [0.15, 0.2) is 59.8 Å². The lowest BCUT2D eigenvalue weighted by atomic mass is 10.0. The van der Waals surface area contributed by atoms with Crippen molar-refractivity contribution in [2.45, 2.75) is 39.5 Å². The maximum absolute atomic E-state index is 12.6. The van der Waals surface area contributed by atoms with Crippen LogP contribution in [-0.4, -0.2) is 35.8 Å². The topological polar surface area (TPSA) is 51.1 Å². The van der Waals surface area contributed by atoms with E-state index in [0.29, 0.717) is 12.1 Å². The number of amides is 1. The maximum Gasteiger partial charge on any atom is 0.387 e. The third-order valence-corrected chi connectivity index (χ3v) is 3.88. The summed E-state index contributed by atoms with van der Waals surface area (Å²) in [5.41, 5.74) is 0.928. The number of carbonyl (C=O) groups is 1. The summed E-state index contributed by atoms with van der Waals surface area (Å²) in [6.07, 6.45) is 1.24. The minimum absolute atomic E-state index is 0.0171. The monoisotopic (exact) mass is 390 g/mol. The number of carbonyl (C=O) groups excluding carboxylic acids is 1. The molecule has 0 aromatic heterocycles. The van der Waals surface area contributed by atoms with E-state index in [1.807, 2.05) is 51.1 Å². The van der Waals surface area contributed by atoms with Gasteiger partial charge in [-0.05, 0) is 38.5 Å². The number of para-hydroxylation sites is 1. The van der Waals surface area contributed by atoms with Gasteiger partial charge in [0, 0.05) is 17.6 Å². The van der Waals surface area contributed by atoms with Crippen molar-refractivity contribution in [2.75, 3.05) is 6.61 Å². The highest BCUT2D eigenvalue weighted by molar-refractivity contribution is 5.83. The van der Waals surface area contributed by atoms with Gasteiger partial charge in [-0.2, -0.15) is 8.78 Å². The molecule has 0 N–H and O–H groups in total. The van der Waals surface area contributed by atoms with E-state index >= 15 is 0 Å². The molecule has 7 heteroatoms. The van der Waals surface area contributed by atoms with Crippen molar-refractivity contribution in [3.05, 3.63) is 65.7 Å². The van der Waals surface area contributed by atoms with Crippen LogP contribution >= 0.6 is 0 Å². The Labute approximate surface area is 163 Å². The summed E-state index contributed by atoms with van der Waals surface area (Å²) in [4.78, 5) is 19.4. The lowest BCUT2D eigenvalue weighted by Gasteiger charge is -2.35. The smallest absolute Gasteiger partial charge is 0.387 e. The number of nitrogens with zero attached hydrogens (tertiary/aromatic N) is 2. The van der Waals surface area contributed by atoms with Gasteiger partial charge in [0.25, 0.3) is 5.91 Å². The standard InChI is InChI=1S/C21H24F2N2O3/c1-21(2,3)25(14-16-9-5-4-6-10-16)19(26)15-27-24-13-17-11-7-8-12-18(17)28-20(22)23/h4-13,20H,14-15H2,1-3H3/b24-13+. The summed E-state index contributed by atoms with van der Waals surface area (Å²) < 4.78 is 29.3. The van der Waals surface area contributed by atoms with Crippen molar-refractivity contribution in [1.29, 1.82) is 0 Å². The number of halogens is 2. The average molecular weight is 390 g/mol. The maximum atomic E-state index is 12.6. The molecule has 0 unspecified atom stereocenters. The SMILES string of the molecule is CC(C)(C)N(Cc1ccccc1)C(=O)CO/N=C/c1ccccc1OC(F)F. The Hall–Kier alpha value is -2.96. The first-order chi connectivity index (χ1) is 13.3. The Morgan fingerprint density at radius 2 is 1.75 bits per heavy atom. The molecule has 0 atom stereocenters. The first kappa shape index (κ1) is 21.3. The Balaban J connectivity index is 1.98. The Bertz CT molecular complexity index is 790. The van der Waals surface area contributed by atoms with E-state index in [1.165, 1.54) is 12.3 Å². The Kier molecular flexibility index (Phi) is 7.49. The van der Waals surface area contributed by atoms with E-state index in [-0.39, 0.29) is 18.3 Å². The zero-order valence-corrected chi connectivity index (χ0v) is 16.1. The molecule has 2 aromatic carbocycles. The highest BCUT2D eigenvalue weighted by Crippen LogP contribution is 2.19. The van der Waals surface area contributed by atoms with Crippen LogP contribution in [-0.2, 0) is 16.2 Å². The lowest BCUT2D eigenvalue weighted by molar-refractivity contribution is -0.141. The molecule has 0 aliphatic carbocycles. The van der Waals surface area contributed by atoms with E-state index in [4.69, 9.17) is 4.84 Å². The number of oxime groups is 1. The quantitative estimate of drug-likeness (QED) is 0.494. The van der Waals surface area contributed by atoms with Crippen molar-refractivity contribution in [2.24, 2.45) is 5.16 Å². The van der Waals surface area contributed by atoms with Crippen LogP contribution in [0.5, 0.6) is 5.75 Å². The Morgan fingerprint density at radius 1 is 1.11 bits per heavy atom. The molecule has 28 heavy (non-hydrogen) atoms. The number of ether oxygens (including phenoxy) is 1. The van der Waals surface area contributed by atoms with Crippen molar-refractivity contribution >= 4 is 12.1 Å². The summed E-state index contributed by atoms with van der Waals surface area (Å²) in [5.74, 6) is -0.248. The van der Waals surface area contributed by atoms with Gasteiger partial charge in [0.05, 0.1) is 6.21 Å². The van der Waals surface area contributed by atoms with Gasteiger partial charge < -0.3 is 14.5 Å². The van der Waals surface area contributed by atoms with Gasteiger partial charge in [-0.3, -0.25) is 4.79 Å². The molecule has 0 saturated heterocycles. The number of benzene rings is 2. The van der Waals surface area contributed by atoms with Gasteiger partial charge in [-0.25, -0.2) is 0 Å². The fourth-order valence-electron chi connectivity index (χ4n) is 2.52. The van der Waals surface area contributed by atoms with E-state index in [9.17, 15) is 13.6 Å². The molecule has 2 aromatic rings. The predicted octanol–water partition coefficient (Wildman–Crippen LogP) is 4.47. The summed E-state index contributed by atoms with van der Waals surface area (Å²) >= 11 is 0. The molecule has 0 bridgehead atoms. The largest absolute Gasteiger partial charge is 0.434 e. The molecule has 150 valence electrons. The summed E-state index contributed by atoms with van der Waals surface area (Å²) in [6, 6.07) is 15.8. The van der Waals surface area contributed by atoms with Gasteiger partial charge in [0.1, 0.15) is 5.75 Å². The van der Waals surface area contributed by atoms with Gasteiger partial charge in [-0.1, -0.05) is 47.6 Å². The average Bonchev–Trinajstić information content (AvgIpc) is 2.64. The fourth-order valence-corrected chi connectivity index (χ4v) is 2.52. The molecule has 0 saturated carbocycles. The van der Waals surface area contributed by atoms with Crippen molar-refractivity contribution in [1.82, 2.24) is 4.90 Å². The molecule has 2 rings (SSSR count). The molecule has 0 radical (unpaired) electrons. The lowest BCUT2D eigenvalue weighted by Crippen LogP contribution is -2.46. The molecular weight excluding hydrogens is 366 g/mol. The zero-order valence-electron chi connectivity index (χ0n) is 16.1. The Morgan fingerprint density at radius 3 is 2.39 bits per heavy atom. The van der Waals surface area contributed by atoms with E-state index < -0.39 is 12.2 Å². The molecule has 1 amide bonds. The molecule has 0 fully saturated rings. The molecule has 0 heterocycles. The van der Waals surface area contributed by atoms with E-state index in [2.05, 4.69) is 9.89 Å². The second-order valence-electron chi connectivity index (χ2n) is 7.06. The first-order valence-corrected chi connectivity index (χ1v) is 8.81. The number of hydrogen-bond donors (Lipinski definition) is 0. The van der Waals surface area contributed by atoms with Gasteiger partial charge in [-0.15, -0.1) is 0 Å². The van der Waals surface area contributed by atoms with Crippen LogP contribution in [0.25, 0.3) is 0 Å². The third kappa shape index (κ3) is 6.64. The normalized spacial score (nSPS) is 11.6. The summed E-state index contributed by atoms with van der Waals surface area (Å²) in [7, 11) is 0. The zero-order chi connectivity index (χ0) is 20.6. The van der Waals surface area contributed by atoms with Crippen LogP contribution in [0.2, 0.25) is 0 Å². The van der Waals surface area contributed by atoms with Crippen LogP contribution in [0.3, 0.4) is 0 Å². The highest BCUT2D eigenvalue weighted by atomic mass is 19.3. The van der Waals surface area contributed by atoms with Crippen LogP contribution < -0.4 is 4.74 Å². The summed E-state index contributed by atoms with van der Waals surface area (Å²) in [5, 5.41) is 3.72. The minimum Gasteiger partial charge on any atom is -0.434 e. The van der Waals surface area contributed by atoms with Crippen molar-refractivity contribution in [3.63, 3.8) is 0 Å². The number of rotatable bonds is 8. The van der Waals surface area contributed by atoms with Crippen LogP contribution in [0.4, 0.5) is 8.78 Å². The molecular formula is C21H24F2N2O3. The molecule has 5 nitrogen and oxygen atoms in total. The second-order valence-corrected chi connectivity index (χ2v) is 7.06. The van der Waals surface area contributed by atoms with Gasteiger partial charge in [0.15, 0.2) is 6.61 Å². The second kappa shape index (κ2) is 9.82. The van der Waals surface area contributed by atoms with Gasteiger partial charge in [0.2, 0.25) is 0 Å². The predicted molar refractivity (Wildman–Crippen MR) is 103 cm³/mol. The molecule has 0 aliphatic rings. The van der Waals surface area contributed by atoms with Crippen LogP contribution in [0, 0.1) is 0 Å². The summed E-state index contributed by atoms with van der Waals surface area (Å²) in [6.45, 7) is 3.06. The van der Waals surface area contributed by atoms with Gasteiger partial charge >= 0.3 is 6.61 Å². The van der Waals surface area contributed by atoms with Crippen molar-refractivity contribution < 1.29 is 23.1 Å². The number of hydrogen-bond acceptors (Lipinski definition) is 4. The highest BCUT2D eigenvalue weighted by Gasteiger charge is 2.26.